The van der Waals surface area contributed by atoms with E-state index in [0.717, 1.165) is 25.8 Å². The summed E-state index contributed by atoms with van der Waals surface area (Å²) in [6, 6.07) is 9.32. The molecule has 0 amide bonds. The highest BCUT2D eigenvalue weighted by atomic mass is 16.3. The van der Waals surface area contributed by atoms with Gasteiger partial charge in [-0.1, -0.05) is 50.5 Å². The average molecular weight is 275 g/mol. The highest BCUT2D eigenvalue weighted by molar-refractivity contribution is 5.24. The maximum atomic E-state index is 10.0. The minimum absolute atomic E-state index is 0.101. The summed E-state index contributed by atoms with van der Waals surface area (Å²) >= 11 is 0. The fourth-order valence-corrected chi connectivity index (χ4v) is 3.13. The van der Waals surface area contributed by atoms with Crippen LogP contribution in [0, 0.1) is 5.92 Å². The third kappa shape index (κ3) is 4.32. The van der Waals surface area contributed by atoms with Crippen LogP contribution in [0.2, 0.25) is 0 Å². The number of rotatable bonds is 6. The summed E-state index contributed by atoms with van der Waals surface area (Å²) in [7, 11) is 0. The first-order valence-corrected chi connectivity index (χ1v) is 8.21. The molecule has 0 bridgehead atoms. The fraction of sp³-hybridized carbons (Fsp3) is 0.667. The predicted octanol–water partition coefficient (Wildman–Crippen LogP) is 3.84. The number of benzene rings is 1. The van der Waals surface area contributed by atoms with Crippen LogP contribution in [-0.2, 0) is 6.42 Å². The molecule has 112 valence electrons. The van der Waals surface area contributed by atoms with Crippen molar-refractivity contribution in [2.24, 2.45) is 5.92 Å². The Labute approximate surface area is 123 Å². The topological polar surface area (TPSA) is 32.3 Å². The Kier molecular flexibility index (Phi) is 6.06. The summed E-state index contributed by atoms with van der Waals surface area (Å²) in [4.78, 5) is 0. The second kappa shape index (κ2) is 7.80. The fourth-order valence-electron chi connectivity index (χ4n) is 3.13. The van der Waals surface area contributed by atoms with Crippen LogP contribution in [0.4, 0.5) is 0 Å². The first kappa shape index (κ1) is 15.5. The van der Waals surface area contributed by atoms with Crippen molar-refractivity contribution < 1.29 is 5.11 Å². The predicted molar refractivity (Wildman–Crippen MR) is 84.8 cm³/mol. The van der Waals surface area contributed by atoms with Gasteiger partial charge in [-0.15, -0.1) is 0 Å². The van der Waals surface area contributed by atoms with Gasteiger partial charge in [-0.3, -0.25) is 0 Å². The highest BCUT2D eigenvalue weighted by Crippen LogP contribution is 2.24. The van der Waals surface area contributed by atoms with Gasteiger partial charge in [-0.05, 0) is 43.2 Å². The van der Waals surface area contributed by atoms with Crippen molar-refractivity contribution in [2.75, 3.05) is 6.54 Å². The van der Waals surface area contributed by atoms with Gasteiger partial charge in [0.1, 0.15) is 0 Å². The van der Waals surface area contributed by atoms with Crippen LogP contribution in [0.15, 0.2) is 24.3 Å². The average Bonchev–Trinajstić information content (AvgIpc) is 2.47. The zero-order valence-electron chi connectivity index (χ0n) is 12.9. The van der Waals surface area contributed by atoms with Gasteiger partial charge in [0.15, 0.2) is 0 Å². The van der Waals surface area contributed by atoms with Gasteiger partial charge < -0.3 is 10.4 Å². The van der Waals surface area contributed by atoms with Crippen molar-refractivity contribution in [2.45, 2.75) is 64.5 Å². The van der Waals surface area contributed by atoms with Crippen molar-refractivity contribution >= 4 is 0 Å². The molecular weight excluding hydrogens is 246 g/mol. The minimum Gasteiger partial charge on any atom is -0.393 e. The first-order valence-electron chi connectivity index (χ1n) is 8.21. The Morgan fingerprint density at radius 3 is 2.55 bits per heavy atom. The molecule has 1 aliphatic carbocycles. The Balaban J connectivity index is 1.83. The molecule has 0 radical (unpaired) electrons. The van der Waals surface area contributed by atoms with Crippen LogP contribution in [0.1, 0.15) is 63.1 Å². The third-order valence-electron chi connectivity index (χ3n) is 4.57. The van der Waals surface area contributed by atoms with E-state index in [1.165, 1.54) is 30.4 Å². The van der Waals surface area contributed by atoms with E-state index in [-0.39, 0.29) is 6.10 Å². The molecule has 1 aromatic rings. The van der Waals surface area contributed by atoms with Crippen LogP contribution in [0.5, 0.6) is 0 Å². The summed E-state index contributed by atoms with van der Waals surface area (Å²) in [6.45, 7) is 5.36. The van der Waals surface area contributed by atoms with E-state index in [0.29, 0.717) is 12.0 Å². The van der Waals surface area contributed by atoms with E-state index in [2.05, 4.69) is 43.4 Å². The third-order valence-corrected chi connectivity index (χ3v) is 4.57. The molecule has 2 heteroatoms. The Hall–Kier alpha value is -0.860. The largest absolute Gasteiger partial charge is 0.393 e. The number of aliphatic hydroxyl groups is 1. The second-order valence-corrected chi connectivity index (χ2v) is 6.23. The number of hydrogen-bond donors (Lipinski definition) is 2. The van der Waals surface area contributed by atoms with Gasteiger partial charge >= 0.3 is 0 Å². The Bertz CT molecular complexity index is 387. The zero-order chi connectivity index (χ0) is 14.4. The van der Waals surface area contributed by atoms with Gasteiger partial charge in [-0.2, -0.15) is 0 Å². The molecule has 0 aromatic heterocycles. The van der Waals surface area contributed by atoms with Crippen LogP contribution < -0.4 is 5.32 Å². The van der Waals surface area contributed by atoms with Crippen molar-refractivity contribution in [1.29, 1.82) is 0 Å². The lowest BCUT2D eigenvalue weighted by atomic mass is 9.86. The molecule has 2 rings (SSSR count). The van der Waals surface area contributed by atoms with Crippen molar-refractivity contribution in [3.05, 3.63) is 35.4 Å². The molecular formula is C18H29NO. The van der Waals surface area contributed by atoms with E-state index in [4.69, 9.17) is 0 Å². The molecule has 1 aliphatic rings. The number of hydrogen-bond acceptors (Lipinski definition) is 2. The molecule has 1 fully saturated rings. The summed E-state index contributed by atoms with van der Waals surface area (Å²) < 4.78 is 0. The van der Waals surface area contributed by atoms with Gasteiger partial charge in [0.2, 0.25) is 0 Å². The van der Waals surface area contributed by atoms with E-state index in [9.17, 15) is 5.11 Å². The van der Waals surface area contributed by atoms with E-state index < -0.39 is 0 Å². The van der Waals surface area contributed by atoms with Crippen molar-refractivity contribution in [1.82, 2.24) is 5.32 Å². The van der Waals surface area contributed by atoms with Crippen molar-refractivity contribution in [3.63, 3.8) is 0 Å². The maximum Gasteiger partial charge on any atom is 0.0580 e. The summed E-state index contributed by atoms with van der Waals surface area (Å²) in [6.07, 6.45) is 6.86. The normalized spacial score (nSPS) is 24.6. The van der Waals surface area contributed by atoms with Crippen LogP contribution in [0.25, 0.3) is 0 Å². The molecule has 0 saturated heterocycles. The van der Waals surface area contributed by atoms with E-state index in [1.54, 1.807) is 0 Å². The lowest BCUT2D eigenvalue weighted by Crippen LogP contribution is -2.34. The first-order chi connectivity index (χ1) is 9.70. The summed E-state index contributed by atoms with van der Waals surface area (Å²) in [5.74, 6) is 0.436. The molecule has 1 saturated carbocycles. The quantitative estimate of drug-likeness (QED) is 0.826. The number of nitrogens with one attached hydrogen (secondary N) is 1. The molecule has 1 aromatic carbocycles. The zero-order valence-corrected chi connectivity index (χ0v) is 12.9. The lowest BCUT2D eigenvalue weighted by molar-refractivity contribution is 0.0684. The molecule has 3 atom stereocenters. The molecule has 20 heavy (non-hydrogen) atoms. The number of aryl methyl sites for hydroxylation is 1. The van der Waals surface area contributed by atoms with E-state index in [1.807, 2.05) is 0 Å². The smallest absolute Gasteiger partial charge is 0.0580 e. The molecule has 2 nitrogen and oxygen atoms in total. The van der Waals surface area contributed by atoms with Crippen molar-refractivity contribution in [3.8, 4) is 0 Å². The second-order valence-electron chi connectivity index (χ2n) is 6.23. The maximum absolute atomic E-state index is 10.0. The molecule has 0 heterocycles. The minimum atomic E-state index is -0.101. The summed E-state index contributed by atoms with van der Waals surface area (Å²) in [5.41, 5.74) is 2.77. The Morgan fingerprint density at radius 2 is 1.90 bits per heavy atom. The molecule has 0 aliphatic heterocycles. The van der Waals surface area contributed by atoms with E-state index >= 15 is 0 Å². The van der Waals surface area contributed by atoms with Gasteiger partial charge in [-0.25, -0.2) is 0 Å². The number of aliphatic hydroxyl groups excluding tert-OH is 1. The standard InChI is InChI=1S/C18H29NO/c1-3-6-15-9-11-16(12-10-15)14(2)19-13-17-7-4-5-8-18(17)20/h9-12,14,17-20H,3-8,13H2,1-2H3. The van der Waals surface area contributed by atoms with Crippen LogP contribution >= 0.6 is 0 Å². The monoisotopic (exact) mass is 275 g/mol. The Morgan fingerprint density at radius 1 is 1.20 bits per heavy atom. The van der Waals surface area contributed by atoms with Gasteiger partial charge in [0.05, 0.1) is 6.10 Å². The van der Waals surface area contributed by atoms with Gasteiger partial charge in [0.25, 0.3) is 0 Å². The van der Waals surface area contributed by atoms with Crippen LogP contribution in [-0.4, -0.2) is 17.8 Å². The highest BCUT2D eigenvalue weighted by Gasteiger charge is 2.23. The van der Waals surface area contributed by atoms with Gasteiger partial charge in [0, 0.05) is 12.6 Å². The molecule has 0 spiro atoms. The lowest BCUT2D eigenvalue weighted by Gasteiger charge is -2.29. The SMILES string of the molecule is CCCc1ccc(C(C)NCC2CCCCC2O)cc1. The summed E-state index contributed by atoms with van der Waals surface area (Å²) in [5, 5.41) is 13.6. The van der Waals surface area contributed by atoms with Crippen LogP contribution in [0.3, 0.4) is 0 Å². The molecule has 2 N–H and O–H groups in total. The molecule has 3 unspecified atom stereocenters.